The molecule has 1 aliphatic rings. The number of anilines is 1. The molecular weight excluding hydrogens is 314 g/mol. The van der Waals surface area contributed by atoms with Crippen LogP contribution in [-0.4, -0.2) is 29.7 Å². The zero-order chi connectivity index (χ0) is 17.1. The third kappa shape index (κ3) is 3.27. The van der Waals surface area contributed by atoms with Gasteiger partial charge in [-0.2, -0.15) is 19.0 Å². The molecular formula is C17H16F2N4O. The maximum Gasteiger partial charge on any atom is 0.388 e. The monoisotopic (exact) mass is 330 g/mol. The van der Waals surface area contributed by atoms with E-state index in [1.165, 1.54) is 11.1 Å². The normalized spacial score (nSPS) is 14.0. The SMILES string of the molecule is Cc1nc(OC(F)F)c(C#N)c(N2CCc3ccccc3CC2)n1. The first-order valence-corrected chi connectivity index (χ1v) is 7.63. The van der Waals surface area contributed by atoms with E-state index < -0.39 is 6.61 Å². The molecule has 2 heterocycles. The number of rotatable bonds is 3. The van der Waals surface area contributed by atoms with Gasteiger partial charge in [0.05, 0.1) is 0 Å². The average molecular weight is 330 g/mol. The van der Waals surface area contributed by atoms with Crippen LogP contribution in [0.3, 0.4) is 0 Å². The predicted molar refractivity (Wildman–Crippen MR) is 84.2 cm³/mol. The average Bonchev–Trinajstić information content (AvgIpc) is 2.76. The zero-order valence-corrected chi connectivity index (χ0v) is 13.2. The second kappa shape index (κ2) is 6.79. The van der Waals surface area contributed by atoms with Gasteiger partial charge in [0.1, 0.15) is 11.9 Å². The Morgan fingerprint density at radius 2 is 1.79 bits per heavy atom. The van der Waals surface area contributed by atoms with Crippen LogP contribution in [0.25, 0.3) is 0 Å². The van der Waals surface area contributed by atoms with E-state index in [1.54, 1.807) is 6.92 Å². The van der Waals surface area contributed by atoms with Gasteiger partial charge in [-0.25, -0.2) is 4.98 Å². The van der Waals surface area contributed by atoms with E-state index in [1.807, 2.05) is 23.1 Å². The predicted octanol–water partition coefficient (Wildman–Crippen LogP) is 2.86. The highest BCUT2D eigenvalue weighted by Gasteiger charge is 2.23. The van der Waals surface area contributed by atoms with Crippen molar-refractivity contribution in [1.29, 1.82) is 5.26 Å². The van der Waals surface area contributed by atoms with Crippen LogP contribution >= 0.6 is 0 Å². The second-order valence-corrected chi connectivity index (χ2v) is 5.52. The fraction of sp³-hybridized carbons (Fsp3) is 0.353. The van der Waals surface area contributed by atoms with Gasteiger partial charge in [-0.05, 0) is 30.9 Å². The van der Waals surface area contributed by atoms with E-state index in [0.29, 0.717) is 24.7 Å². The first kappa shape index (κ1) is 16.1. The second-order valence-electron chi connectivity index (χ2n) is 5.52. The van der Waals surface area contributed by atoms with Gasteiger partial charge in [0, 0.05) is 13.1 Å². The van der Waals surface area contributed by atoms with Crippen LogP contribution in [-0.2, 0) is 12.8 Å². The largest absolute Gasteiger partial charge is 0.415 e. The van der Waals surface area contributed by atoms with E-state index in [9.17, 15) is 14.0 Å². The number of aromatic nitrogens is 2. The van der Waals surface area contributed by atoms with E-state index in [2.05, 4.69) is 26.8 Å². The molecule has 5 nitrogen and oxygen atoms in total. The Morgan fingerprint density at radius 1 is 1.17 bits per heavy atom. The van der Waals surface area contributed by atoms with Gasteiger partial charge in [-0.15, -0.1) is 0 Å². The molecule has 0 amide bonds. The van der Waals surface area contributed by atoms with Crippen LogP contribution in [0.5, 0.6) is 5.88 Å². The van der Waals surface area contributed by atoms with Gasteiger partial charge in [0.2, 0.25) is 5.88 Å². The number of ether oxygens (including phenoxy) is 1. The van der Waals surface area contributed by atoms with Crippen molar-refractivity contribution < 1.29 is 13.5 Å². The number of halogens is 2. The number of benzene rings is 1. The highest BCUT2D eigenvalue weighted by atomic mass is 19.3. The van der Waals surface area contributed by atoms with Crippen molar-refractivity contribution in [1.82, 2.24) is 9.97 Å². The van der Waals surface area contributed by atoms with Crippen molar-refractivity contribution in [3.8, 4) is 11.9 Å². The van der Waals surface area contributed by atoms with Gasteiger partial charge in [-0.3, -0.25) is 0 Å². The number of nitrogens with zero attached hydrogens (tertiary/aromatic N) is 4. The summed E-state index contributed by atoms with van der Waals surface area (Å²) in [6.07, 6.45) is 1.60. The summed E-state index contributed by atoms with van der Waals surface area (Å²) in [4.78, 5) is 10.1. The number of hydrogen-bond donors (Lipinski definition) is 0. The van der Waals surface area contributed by atoms with E-state index in [-0.39, 0.29) is 11.4 Å². The van der Waals surface area contributed by atoms with Crippen molar-refractivity contribution in [3.63, 3.8) is 0 Å². The molecule has 1 aliphatic heterocycles. The first-order chi connectivity index (χ1) is 11.6. The molecule has 124 valence electrons. The van der Waals surface area contributed by atoms with Gasteiger partial charge in [0.15, 0.2) is 11.4 Å². The Bertz CT molecular complexity index is 762. The number of fused-ring (bicyclic) bond motifs is 1. The number of nitriles is 1. The summed E-state index contributed by atoms with van der Waals surface area (Å²) < 4.78 is 29.6. The summed E-state index contributed by atoms with van der Waals surface area (Å²) in [7, 11) is 0. The molecule has 0 aliphatic carbocycles. The van der Waals surface area contributed by atoms with Crippen LogP contribution in [0.2, 0.25) is 0 Å². The van der Waals surface area contributed by atoms with Gasteiger partial charge in [0.25, 0.3) is 0 Å². The lowest BCUT2D eigenvalue weighted by atomic mass is 10.0. The molecule has 2 aromatic rings. The molecule has 0 fully saturated rings. The highest BCUT2D eigenvalue weighted by Crippen LogP contribution is 2.28. The molecule has 0 bridgehead atoms. The smallest absolute Gasteiger partial charge is 0.388 e. The minimum atomic E-state index is -3.03. The number of alkyl halides is 2. The molecule has 1 aromatic carbocycles. The molecule has 0 atom stereocenters. The van der Waals surface area contributed by atoms with Crippen LogP contribution in [0.15, 0.2) is 24.3 Å². The van der Waals surface area contributed by atoms with Crippen molar-refractivity contribution in [2.75, 3.05) is 18.0 Å². The Hall–Kier alpha value is -2.75. The quantitative estimate of drug-likeness (QED) is 0.866. The number of aryl methyl sites for hydroxylation is 1. The third-order valence-corrected chi connectivity index (χ3v) is 4.00. The van der Waals surface area contributed by atoms with Crippen LogP contribution in [0.4, 0.5) is 14.6 Å². The van der Waals surface area contributed by atoms with Crippen LogP contribution < -0.4 is 9.64 Å². The standard InChI is InChI=1S/C17H16F2N4O/c1-11-21-15(14(10-20)16(22-11)24-17(18)19)23-8-6-12-4-2-3-5-13(12)7-9-23/h2-5,17H,6-9H2,1H3. The van der Waals surface area contributed by atoms with Crippen molar-refractivity contribution >= 4 is 5.82 Å². The summed E-state index contributed by atoms with van der Waals surface area (Å²) >= 11 is 0. The Balaban J connectivity index is 1.95. The topological polar surface area (TPSA) is 62.0 Å². The fourth-order valence-corrected chi connectivity index (χ4v) is 2.91. The van der Waals surface area contributed by atoms with Crippen LogP contribution in [0.1, 0.15) is 22.5 Å². The lowest BCUT2D eigenvalue weighted by molar-refractivity contribution is -0.0531. The lowest BCUT2D eigenvalue weighted by Crippen LogP contribution is -2.28. The molecule has 3 rings (SSSR count). The summed E-state index contributed by atoms with van der Waals surface area (Å²) in [5.41, 5.74) is 2.47. The molecule has 0 spiro atoms. The molecule has 7 heteroatoms. The third-order valence-electron chi connectivity index (χ3n) is 4.00. The summed E-state index contributed by atoms with van der Waals surface area (Å²) in [6, 6.07) is 10.1. The summed E-state index contributed by atoms with van der Waals surface area (Å²) in [5, 5.41) is 9.40. The van der Waals surface area contributed by atoms with E-state index in [4.69, 9.17) is 0 Å². The molecule has 0 unspecified atom stereocenters. The highest BCUT2D eigenvalue weighted by molar-refractivity contribution is 5.59. The fourth-order valence-electron chi connectivity index (χ4n) is 2.91. The maximum absolute atomic E-state index is 12.6. The minimum absolute atomic E-state index is 0.0492. The summed E-state index contributed by atoms with van der Waals surface area (Å²) in [5.74, 6) is 0.284. The minimum Gasteiger partial charge on any atom is -0.415 e. The number of hydrogen-bond acceptors (Lipinski definition) is 5. The summed E-state index contributed by atoms with van der Waals surface area (Å²) in [6.45, 7) is -0.144. The maximum atomic E-state index is 12.6. The molecule has 0 radical (unpaired) electrons. The molecule has 0 N–H and O–H groups in total. The van der Waals surface area contributed by atoms with E-state index >= 15 is 0 Å². The van der Waals surface area contributed by atoms with Gasteiger partial charge >= 0.3 is 6.61 Å². The first-order valence-electron chi connectivity index (χ1n) is 7.63. The van der Waals surface area contributed by atoms with Crippen molar-refractivity contribution in [3.05, 3.63) is 46.8 Å². The zero-order valence-electron chi connectivity index (χ0n) is 13.2. The molecule has 0 saturated carbocycles. The molecule has 0 saturated heterocycles. The molecule has 24 heavy (non-hydrogen) atoms. The lowest BCUT2D eigenvalue weighted by Gasteiger charge is -2.23. The van der Waals surface area contributed by atoms with E-state index in [0.717, 1.165) is 12.8 Å². The molecule has 1 aromatic heterocycles. The Kier molecular flexibility index (Phi) is 4.56. The van der Waals surface area contributed by atoms with Crippen molar-refractivity contribution in [2.24, 2.45) is 0 Å². The van der Waals surface area contributed by atoms with Gasteiger partial charge in [-0.1, -0.05) is 24.3 Å². The van der Waals surface area contributed by atoms with Crippen LogP contribution in [0, 0.1) is 18.3 Å². The van der Waals surface area contributed by atoms with Gasteiger partial charge < -0.3 is 9.64 Å². The van der Waals surface area contributed by atoms with Crippen molar-refractivity contribution in [2.45, 2.75) is 26.4 Å². The Labute approximate surface area is 138 Å². The Morgan fingerprint density at radius 3 is 2.33 bits per heavy atom.